The van der Waals surface area contributed by atoms with E-state index in [0.717, 1.165) is 5.56 Å². The number of hydrogen-bond donors (Lipinski definition) is 2. The summed E-state index contributed by atoms with van der Waals surface area (Å²) in [6, 6.07) is 11.6. The fraction of sp³-hybridized carbons (Fsp3) is 0.214. The first-order valence-corrected chi connectivity index (χ1v) is 6.12. The van der Waals surface area contributed by atoms with E-state index in [-0.39, 0.29) is 12.5 Å². The number of amides is 1. The van der Waals surface area contributed by atoms with Crippen molar-refractivity contribution in [2.75, 3.05) is 6.54 Å². The summed E-state index contributed by atoms with van der Waals surface area (Å²) >= 11 is 0. The van der Waals surface area contributed by atoms with E-state index < -0.39 is 0 Å². The molecule has 1 aromatic heterocycles. The third kappa shape index (κ3) is 4.85. The predicted molar refractivity (Wildman–Crippen MR) is 72.0 cm³/mol. The Hall–Kier alpha value is -2.27. The van der Waals surface area contributed by atoms with Crippen LogP contribution >= 0.6 is 0 Å². The standard InChI is InChI=1S/C14H16N4O/c19-14(18-9-12-5-2-1-3-6-12)11-15-10-13-16-7-4-8-17-13/h1-8,15H,9-11H2,(H,18,19). The van der Waals surface area contributed by atoms with Crippen LogP contribution in [0.25, 0.3) is 0 Å². The molecule has 0 aliphatic rings. The van der Waals surface area contributed by atoms with Gasteiger partial charge in [0.1, 0.15) is 5.82 Å². The van der Waals surface area contributed by atoms with Crippen molar-refractivity contribution in [1.82, 2.24) is 20.6 Å². The molecular formula is C14H16N4O. The molecule has 0 unspecified atom stereocenters. The van der Waals surface area contributed by atoms with Crippen molar-refractivity contribution in [1.29, 1.82) is 0 Å². The maximum Gasteiger partial charge on any atom is 0.234 e. The fourth-order valence-electron chi connectivity index (χ4n) is 1.57. The van der Waals surface area contributed by atoms with Gasteiger partial charge < -0.3 is 10.6 Å². The summed E-state index contributed by atoms with van der Waals surface area (Å²) in [5, 5.41) is 5.84. The summed E-state index contributed by atoms with van der Waals surface area (Å²) in [5.74, 6) is 0.637. The van der Waals surface area contributed by atoms with Crippen molar-refractivity contribution in [2.24, 2.45) is 0 Å². The number of carbonyl (C=O) groups is 1. The van der Waals surface area contributed by atoms with E-state index in [0.29, 0.717) is 18.9 Å². The van der Waals surface area contributed by atoms with Gasteiger partial charge in [-0.2, -0.15) is 0 Å². The third-order valence-corrected chi connectivity index (χ3v) is 2.52. The van der Waals surface area contributed by atoms with Gasteiger partial charge in [0.25, 0.3) is 0 Å². The van der Waals surface area contributed by atoms with Gasteiger partial charge in [-0.3, -0.25) is 4.79 Å². The molecule has 19 heavy (non-hydrogen) atoms. The molecule has 5 nitrogen and oxygen atoms in total. The Kier molecular flexibility index (Phi) is 5.01. The smallest absolute Gasteiger partial charge is 0.234 e. The van der Waals surface area contributed by atoms with Crippen LogP contribution < -0.4 is 10.6 Å². The largest absolute Gasteiger partial charge is 0.351 e. The van der Waals surface area contributed by atoms with E-state index in [9.17, 15) is 4.79 Å². The van der Waals surface area contributed by atoms with Crippen LogP contribution in [0.3, 0.4) is 0 Å². The minimum atomic E-state index is -0.0419. The zero-order valence-corrected chi connectivity index (χ0v) is 10.5. The van der Waals surface area contributed by atoms with Gasteiger partial charge in [-0.25, -0.2) is 9.97 Å². The molecular weight excluding hydrogens is 240 g/mol. The van der Waals surface area contributed by atoms with Crippen molar-refractivity contribution < 1.29 is 4.79 Å². The van der Waals surface area contributed by atoms with Gasteiger partial charge in [-0.1, -0.05) is 30.3 Å². The summed E-state index contributed by atoms with van der Waals surface area (Å²) in [7, 11) is 0. The molecule has 0 fully saturated rings. The van der Waals surface area contributed by atoms with Gasteiger partial charge in [0.2, 0.25) is 5.91 Å². The number of nitrogens with one attached hydrogen (secondary N) is 2. The highest BCUT2D eigenvalue weighted by atomic mass is 16.1. The molecule has 1 heterocycles. The van der Waals surface area contributed by atoms with Crippen molar-refractivity contribution in [3.8, 4) is 0 Å². The maximum atomic E-state index is 11.6. The molecule has 0 bridgehead atoms. The lowest BCUT2D eigenvalue weighted by Crippen LogP contribution is -2.33. The Labute approximate surface area is 112 Å². The summed E-state index contributed by atoms with van der Waals surface area (Å²) < 4.78 is 0. The molecule has 5 heteroatoms. The first-order valence-electron chi connectivity index (χ1n) is 6.12. The van der Waals surface area contributed by atoms with E-state index in [1.165, 1.54) is 0 Å². The van der Waals surface area contributed by atoms with Crippen LogP contribution in [0.1, 0.15) is 11.4 Å². The van der Waals surface area contributed by atoms with Crippen molar-refractivity contribution in [2.45, 2.75) is 13.1 Å². The lowest BCUT2D eigenvalue weighted by molar-refractivity contribution is -0.120. The Morgan fingerprint density at radius 3 is 2.47 bits per heavy atom. The van der Waals surface area contributed by atoms with Gasteiger partial charge in [0, 0.05) is 18.9 Å². The Bertz CT molecular complexity index is 501. The highest BCUT2D eigenvalue weighted by Gasteiger charge is 2.01. The highest BCUT2D eigenvalue weighted by molar-refractivity contribution is 5.77. The SMILES string of the molecule is O=C(CNCc1ncccn1)NCc1ccccc1. The second-order valence-electron chi connectivity index (χ2n) is 4.03. The van der Waals surface area contributed by atoms with E-state index >= 15 is 0 Å². The summed E-state index contributed by atoms with van der Waals surface area (Å²) in [4.78, 5) is 19.7. The molecule has 0 saturated heterocycles. The van der Waals surface area contributed by atoms with E-state index in [2.05, 4.69) is 20.6 Å². The van der Waals surface area contributed by atoms with Crippen LogP contribution in [0.4, 0.5) is 0 Å². The number of rotatable bonds is 6. The van der Waals surface area contributed by atoms with Crippen LogP contribution in [0.15, 0.2) is 48.8 Å². The average Bonchev–Trinajstić information content (AvgIpc) is 2.47. The monoisotopic (exact) mass is 256 g/mol. The van der Waals surface area contributed by atoms with Crippen molar-refractivity contribution in [3.63, 3.8) is 0 Å². The van der Waals surface area contributed by atoms with E-state index in [1.54, 1.807) is 18.5 Å². The van der Waals surface area contributed by atoms with E-state index in [4.69, 9.17) is 0 Å². The number of hydrogen-bond acceptors (Lipinski definition) is 4. The van der Waals surface area contributed by atoms with E-state index in [1.807, 2.05) is 30.3 Å². The van der Waals surface area contributed by atoms with Crippen LogP contribution in [-0.2, 0) is 17.9 Å². The molecule has 1 amide bonds. The highest BCUT2D eigenvalue weighted by Crippen LogP contribution is 1.96. The molecule has 0 aliphatic carbocycles. The molecule has 2 N–H and O–H groups in total. The van der Waals surface area contributed by atoms with Gasteiger partial charge in [-0.15, -0.1) is 0 Å². The number of carbonyl (C=O) groups excluding carboxylic acids is 1. The second-order valence-corrected chi connectivity index (χ2v) is 4.03. The van der Waals surface area contributed by atoms with Gasteiger partial charge >= 0.3 is 0 Å². The molecule has 98 valence electrons. The Morgan fingerprint density at radius 1 is 1.00 bits per heavy atom. The Balaban J connectivity index is 1.65. The number of aromatic nitrogens is 2. The fourth-order valence-corrected chi connectivity index (χ4v) is 1.57. The molecule has 0 radical (unpaired) electrons. The van der Waals surface area contributed by atoms with Crippen LogP contribution in [0.5, 0.6) is 0 Å². The molecule has 0 saturated carbocycles. The lowest BCUT2D eigenvalue weighted by Gasteiger charge is -2.06. The maximum absolute atomic E-state index is 11.6. The second kappa shape index (κ2) is 7.23. The zero-order valence-electron chi connectivity index (χ0n) is 10.5. The average molecular weight is 256 g/mol. The first kappa shape index (κ1) is 13.2. The summed E-state index contributed by atoms with van der Waals surface area (Å²) in [5.41, 5.74) is 1.09. The zero-order chi connectivity index (χ0) is 13.3. The van der Waals surface area contributed by atoms with Gasteiger partial charge in [0.05, 0.1) is 13.1 Å². The molecule has 0 spiro atoms. The topological polar surface area (TPSA) is 66.9 Å². The molecule has 2 aromatic rings. The van der Waals surface area contributed by atoms with Gasteiger partial charge in [0.15, 0.2) is 0 Å². The van der Waals surface area contributed by atoms with Crippen molar-refractivity contribution >= 4 is 5.91 Å². The Morgan fingerprint density at radius 2 is 1.74 bits per heavy atom. The number of benzene rings is 1. The van der Waals surface area contributed by atoms with Crippen LogP contribution in [0.2, 0.25) is 0 Å². The first-order chi connectivity index (χ1) is 9.34. The van der Waals surface area contributed by atoms with Crippen LogP contribution in [-0.4, -0.2) is 22.4 Å². The molecule has 0 atom stereocenters. The molecule has 1 aromatic carbocycles. The minimum Gasteiger partial charge on any atom is -0.351 e. The lowest BCUT2D eigenvalue weighted by atomic mass is 10.2. The quantitative estimate of drug-likeness (QED) is 0.805. The predicted octanol–water partition coefficient (Wildman–Crippen LogP) is 0.883. The third-order valence-electron chi connectivity index (χ3n) is 2.52. The van der Waals surface area contributed by atoms with Crippen molar-refractivity contribution in [3.05, 3.63) is 60.2 Å². The summed E-state index contributed by atoms with van der Waals surface area (Å²) in [6.07, 6.45) is 3.36. The van der Waals surface area contributed by atoms with Gasteiger partial charge in [-0.05, 0) is 11.6 Å². The molecule has 0 aliphatic heterocycles. The minimum absolute atomic E-state index is 0.0419. The van der Waals surface area contributed by atoms with Crippen LogP contribution in [0, 0.1) is 0 Å². The normalized spacial score (nSPS) is 10.1. The number of nitrogens with zero attached hydrogens (tertiary/aromatic N) is 2. The summed E-state index contributed by atoms with van der Waals surface area (Å²) in [6.45, 7) is 1.29. The molecule has 2 rings (SSSR count).